The first-order valence-electron chi connectivity index (χ1n) is 8.75. The molecule has 6 heteroatoms. The van der Waals surface area contributed by atoms with E-state index in [-0.39, 0.29) is 0 Å². The molecule has 2 aromatic rings. The Labute approximate surface area is 147 Å². The second kappa shape index (κ2) is 7.83. The first-order chi connectivity index (χ1) is 11.7. The number of hydrogen-bond donors (Lipinski definition) is 2. The molecule has 2 aromatic heterocycles. The molecule has 2 heterocycles. The average molecular weight is 347 g/mol. The van der Waals surface area contributed by atoms with Crippen molar-refractivity contribution in [2.75, 3.05) is 13.1 Å². The number of oxazole rings is 1. The molecular weight excluding hydrogens is 320 g/mol. The van der Waals surface area contributed by atoms with Gasteiger partial charge in [0.1, 0.15) is 12.0 Å². The van der Waals surface area contributed by atoms with Crippen LogP contribution in [-0.2, 0) is 6.54 Å². The van der Waals surface area contributed by atoms with Gasteiger partial charge < -0.3 is 15.1 Å². The highest BCUT2D eigenvalue weighted by atomic mass is 32.1. The van der Waals surface area contributed by atoms with Crippen molar-refractivity contribution in [2.24, 2.45) is 10.4 Å². The predicted octanol–water partition coefficient (Wildman–Crippen LogP) is 4.04. The highest BCUT2D eigenvalue weighted by Gasteiger charge is 2.34. The lowest BCUT2D eigenvalue weighted by molar-refractivity contribution is 0.131. The van der Waals surface area contributed by atoms with Crippen LogP contribution in [0.25, 0.3) is 10.8 Å². The first-order valence-corrected chi connectivity index (χ1v) is 9.63. The fraction of sp³-hybridized carbons (Fsp3) is 0.556. The Kier molecular flexibility index (Phi) is 5.56. The summed E-state index contributed by atoms with van der Waals surface area (Å²) >= 11 is 1.63. The highest BCUT2D eigenvalue weighted by molar-refractivity contribution is 7.13. The summed E-state index contributed by atoms with van der Waals surface area (Å²) in [5.41, 5.74) is 1.32. The summed E-state index contributed by atoms with van der Waals surface area (Å²) in [4.78, 5) is 10.2. The summed E-state index contributed by atoms with van der Waals surface area (Å²) in [5.74, 6) is 1.53. The molecule has 0 amide bonds. The third kappa shape index (κ3) is 3.98. The van der Waals surface area contributed by atoms with Gasteiger partial charge in [0.25, 0.3) is 0 Å². The van der Waals surface area contributed by atoms with Crippen LogP contribution in [0.3, 0.4) is 0 Å². The predicted molar refractivity (Wildman–Crippen MR) is 99.2 cm³/mol. The quantitative estimate of drug-likeness (QED) is 0.587. The molecule has 0 saturated heterocycles. The van der Waals surface area contributed by atoms with E-state index in [1.165, 1.54) is 25.7 Å². The van der Waals surface area contributed by atoms with Crippen LogP contribution in [-0.4, -0.2) is 24.0 Å². The second-order valence-corrected chi connectivity index (χ2v) is 7.32. The number of nitrogens with one attached hydrogen (secondary N) is 2. The van der Waals surface area contributed by atoms with Crippen LogP contribution in [0.2, 0.25) is 0 Å². The molecule has 0 aliphatic heterocycles. The molecule has 3 rings (SSSR count). The molecule has 0 spiro atoms. The minimum atomic E-state index is 0.469. The zero-order chi connectivity index (χ0) is 16.8. The van der Waals surface area contributed by atoms with Gasteiger partial charge in [0.2, 0.25) is 5.89 Å². The molecule has 0 aromatic carbocycles. The van der Waals surface area contributed by atoms with Crippen molar-refractivity contribution in [1.82, 2.24) is 15.6 Å². The molecule has 0 radical (unpaired) electrons. The Bertz CT molecular complexity index is 653. The molecule has 130 valence electrons. The Morgan fingerprint density at radius 1 is 1.38 bits per heavy atom. The van der Waals surface area contributed by atoms with Gasteiger partial charge in [-0.2, -0.15) is 0 Å². The molecule has 1 fully saturated rings. The van der Waals surface area contributed by atoms with Gasteiger partial charge in [-0.25, -0.2) is 9.98 Å². The van der Waals surface area contributed by atoms with E-state index in [4.69, 9.17) is 4.42 Å². The van der Waals surface area contributed by atoms with Gasteiger partial charge in [-0.1, -0.05) is 19.4 Å². The van der Waals surface area contributed by atoms with E-state index in [9.17, 15) is 0 Å². The fourth-order valence-electron chi connectivity index (χ4n) is 3.00. The molecule has 1 aliphatic rings. The summed E-state index contributed by atoms with van der Waals surface area (Å²) in [6.45, 7) is 6.73. The average Bonchev–Trinajstić information content (AvgIpc) is 3.22. The zero-order valence-corrected chi connectivity index (χ0v) is 15.3. The van der Waals surface area contributed by atoms with E-state index < -0.39 is 0 Å². The number of thiophene rings is 1. The topological polar surface area (TPSA) is 62.5 Å². The van der Waals surface area contributed by atoms with E-state index >= 15 is 0 Å². The number of hydrogen-bond acceptors (Lipinski definition) is 4. The van der Waals surface area contributed by atoms with E-state index in [0.29, 0.717) is 17.9 Å². The first kappa shape index (κ1) is 17.0. The molecule has 1 aliphatic carbocycles. The molecular formula is C18H26N4OS. The minimum Gasteiger partial charge on any atom is -0.443 e. The maximum absolute atomic E-state index is 5.55. The van der Waals surface area contributed by atoms with Crippen molar-refractivity contribution in [2.45, 2.75) is 46.1 Å². The van der Waals surface area contributed by atoms with Crippen molar-refractivity contribution in [1.29, 1.82) is 0 Å². The summed E-state index contributed by atoms with van der Waals surface area (Å²) in [5, 5.41) is 8.84. The van der Waals surface area contributed by atoms with Crippen molar-refractivity contribution < 1.29 is 4.42 Å². The van der Waals surface area contributed by atoms with E-state index in [0.717, 1.165) is 29.6 Å². The van der Waals surface area contributed by atoms with Crippen LogP contribution >= 0.6 is 11.3 Å². The van der Waals surface area contributed by atoms with Crippen LogP contribution in [0.15, 0.2) is 33.2 Å². The molecule has 1 saturated carbocycles. The molecule has 0 unspecified atom stereocenters. The number of guanidine groups is 1. The standard InChI is InChI=1S/C18H26N4OS/c1-3-18(8-6-9-18)13-21-17(19-4-2)20-11-14-12-23-16(22-14)15-7-5-10-24-15/h5,7,10,12H,3-4,6,8-9,11,13H2,1-2H3,(H2,19,20,21). The van der Waals surface area contributed by atoms with Crippen LogP contribution in [0.4, 0.5) is 0 Å². The van der Waals surface area contributed by atoms with Crippen molar-refractivity contribution in [3.05, 3.63) is 29.5 Å². The molecule has 0 bridgehead atoms. The Morgan fingerprint density at radius 3 is 2.88 bits per heavy atom. The van der Waals surface area contributed by atoms with Gasteiger partial charge in [0.05, 0.1) is 11.4 Å². The van der Waals surface area contributed by atoms with Gasteiger partial charge >= 0.3 is 0 Å². The second-order valence-electron chi connectivity index (χ2n) is 6.38. The minimum absolute atomic E-state index is 0.469. The van der Waals surface area contributed by atoms with E-state index in [1.807, 2.05) is 17.5 Å². The van der Waals surface area contributed by atoms with Gasteiger partial charge in [0.15, 0.2) is 5.96 Å². The maximum Gasteiger partial charge on any atom is 0.236 e. The Hall–Kier alpha value is -1.82. The molecule has 0 atom stereocenters. The zero-order valence-electron chi connectivity index (χ0n) is 14.5. The van der Waals surface area contributed by atoms with Gasteiger partial charge in [0, 0.05) is 13.1 Å². The van der Waals surface area contributed by atoms with Crippen molar-refractivity contribution in [3.63, 3.8) is 0 Å². The van der Waals surface area contributed by atoms with Crippen molar-refractivity contribution >= 4 is 17.3 Å². The van der Waals surface area contributed by atoms with E-state index in [1.54, 1.807) is 17.6 Å². The summed E-state index contributed by atoms with van der Waals surface area (Å²) < 4.78 is 5.55. The highest BCUT2D eigenvalue weighted by Crippen LogP contribution is 2.42. The number of aliphatic imine (C=N–C) groups is 1. The number of rotatable bonds is 7. The van der Waals surface area contributed by atoms with Crippen LogP contribution in [0, 0.1) is 5.41 Å². The fourth-order valence-corrected chi connectivity index (χ4v) is 3.65. The monoisotopic (exact) mass is 346 g/mol. The lowest BCUT2D eigenvalue weighted by Crippen LogP contribution is -2.46. The molecule has 24 heavy (non-hydrogen) atoms. The van der Waals surface area contributed by atoms with Crippen LogP contribution in [0.5, 0.6) is 0 Å². The third-order valence-electron chi connectivity index (χ3n) is 4.82. The maximum atomic E-state index is 5.55. The third-order valence-corrected chi connectivity index (χ3v) is 5.68. The normalized spacial score (nSPS) is 16.7. The van der Waals surface area contributed by atoms with Crippen LogP contribution in [0.1, 0.15) is 45.2 Å². The van der Waals surface area contributed by atoms with Gasteiger partial charge in [-0.3, -0.25) is 0 Å². The summed E-state index contributed by atoms with van der Waals surface area (Å²) in [7, 11) is 0. The van der Waals surface area contributed by atoms with Gasteiger partial charge in [-0.15, -0.1) is 11.3 Å². The number of nitrogens with zero attached hydrogens (tertiary/aromatic N) is 2. The largest absolute Gasteiger partial charge is 0.443 e. The Morgan fingerprint density at radius 2 is 2.25 bits per heavy atom. The Balaban J connectivity index is 1.59. The molecule has 2 N–H and O–H groups in total. The number of aromatic nitrogens is 1. The lowest BCUT2D eigenvalue weighted by atomic mass is 9.67. The smallest absolute Gasteiger partial charge is 0.236 e. The molecule has 5 nitrogen and oxygen atoms in total. The summed E-state index contributed by atoms with van der Waals surface area (Å²) in [6, 6.07) is 4.01. The summed E-state index contributed by atoms with van der Waals surface area (Å²) in [6.07, 6.45) is 6.93. The van der Waals surface area contributed by atoms with E-state index in [2.05, 4.69) is 34.5 Å². The lowest BCUT2D eigenvalue weighted by Gasteiger charge is -2.41. The SMILES string of the molecule is CCNC(=NCc1coc(-c2cccs2)n1)NCC1(CC)CCC1. The van der Waals surface area contributed by atoms with Crippen molar-refractivity contribution in [3.8, 4) is 10.8 Å². The van der Waals surface area contributed by atoms with Gasteiger partial charge in [-0.05, 0) is 43.0 Å². The van der Waals surface area contributed by atoms with Crippen LogP contribution < -0.4 is 10.6 Å².